The van der Waals surface area contributed by atoms with Crippen molar-refractivity contribution in [2.45, 2.75) is 25.4 Å². The molecule has 0 bridgehead atoms. The Morgan fingerprint density at radius 3 is 3.00 bits per heavy atom. The van der Waals surface area contributed by atoms with Gasteiger partial charge in [-0.15, -0.1) is 11.3 Å². The monoisotopic (exact) mass is 317 g/mol. The second-order valence-corrected chi connectivity index (χ2v) is 6.27. The number of benzene rings is 1. The molecule has 2 heterocycles. The molecule has 1 fully saturated rings. The number of nitrogens with one attached hydrogen (secondary N) is 1. The highest BCUT2D eigenvalue weighted by Gasteiger charge is 2.27. The first-order chi connectivity index (χ1) is 10.8. The highest BCUT2D eigenvalue weighted by molar-refractivity contribution is 7.09. The fourth-order valence-electron chi connectivity index (χ4n) is 2.68. The normalized spacial score (nSPS) is 17.7. The molecule has 5 nitrogen and oxygen atoms in total. The number of carbonyl (C=O) groups excluding carboxylic acids is 1. The van der Waals surface area contributed by atoms with E-state index >= 15 is 0 Å². The van der Waals surface area contributed by atoms with E-state index in [4.69, 9.17) is 0 Å². The minimum Gasteiger partial charge on any atom is -0.394 e. The van der Waals surface area contributed by atoms with Crippen molar-refractivity contribution >= 4 is 17.4 Å². The zero-order chi connectivity index (χ0) is 15.4. The summed E-state index contributed by atoms with van der Waals surface area (Å²) in [6.07, 6.45) is 1.83. The zero-order valence-electron chi connectivity index (χ0n) is 12.2. The standard InChI is InChI=1S/C16H19N3O2S/c20-10-13-7-4-8-19(13)16(21)17-9-15-18-14(11-22-15)12-5-2-1-3-6-12/h1-3,5-6,11,13,20H,4,7-10H2,(H,17,21)/t13-/m0/s1. The van der Waals surface area contributed by atoms with E-state index in [1.807, 2.05) is 35.7 Å². The van der Waals surface area contributed by atoms with Gasteiger partial charge in [0.2, 0.25) is 0 Å². The lowest BCUT2D eigenvalue weighted by molar-refractivity contribution is 0.157. The van der Waals surface area contributed by atoms with Crippen molar-refractivity contribution in [3.05, 3.63) is 40.7 Å². The van der Waals surface area contributed by atoms with Gasteiger partial charge in [-0.1, -0.05) is 30.3 Å². The van der Waals surface area contributed by atoms with E-state index in [0.29, 0.717) is 13.1 Å². The first-order valence-corrected chi connectivity index (χ1v) is 8.31. The summed E-state index contributed by atoms with van der Waals surface area (Å²) in [7, 11) is 0. The molecule has 0 aliphatic carbocycles. The summed E-state index contributed by atoms with van der Waals surface area (Å²) in [5.74, 6) is 0. The van der Waals surface area contributed by atoms with Crippen LogP contribution >= 0.6 is 11.3 Å². The van der Waals surface area contributed by atoms with Crippen molar-refractivity contribution in [1.82, 2.24) is 15.2 Å². The summed E-state index contributed by atoms with van der Waals surface area (Å²) < 4.78 is 0. The second-order valence-electron chi connectivity index (χ2n) is 5.32. The van der Waals surface area contributed by atoms with Gasteiger partial charge in [-0.25, -0.2) is 9.78 Å². The Morgan fingerprint density at radius 1 is 1.41 bits per heavy atom. The molecule has 0 saturated carbocycles. The minimum absolute atomic E-state index is 0.0306. The Hall–Kier alpha value is -1.92. The third-order valence-electron chi connectivity index (χ3n) is 3.86. The van der Waals surface area contributed by atoms with E-state index in [1.54, 1.807) is 16.2 Å². The quantitative estimate of drug-likeness (QED) is 0.910. The second kappa shape index (κ2) is 6.89. The van der Waals surface area contributed by atoms with Gasteiger partial charge < -0.3 is 15.3 Å². The van der Waals surface area contributed by atoms with Crippen LogP contribution < -0.4 is 5.32 Å². The van der Waals surface area contributed by atoms with Crippen molar-refractivity contribution in [3.63, 3.8) is 0 Å². The van der Waals surface area contributed by atoms with Crippen LogP contribution in [0.3, 0.4) is 0 Å². The van der Waals surface area contributed by atoms with Crippen LogP contribution in [-0.2, 0) is 6.54 Å². The van der Waals surface area contributed by atoms with E-state index in [2.05, 4.69) is 10.3 Å². The number of thiazole rings is 1. The first kappa shape index (κ1) is 15.0. The summed E-state index contributed by atoms with van der Waals surface area (Å²) in [5.41, 5.74) is 2.01. The summed E-state index contributed by atoms with van der Waals surface area (Å²) in [6.45, 7) is 1.16. The first-order valence-electron chi connectivity index (χ1n) is 7.43. The molecule has 116 valence electrons. The molecule has 0 radical (unpaired) electrons. The number of carbonyl (C=O) groups is 1. The Balaban J connectivity index is 1.58. The van der Waals surface area contributed by atoms with Crippen LogP contribution in [0.1, 0.15) is 17.8 Å². The number of amides is 2. The molecule has 1 aliphatic rings. The van der Waals surface area contributed by atoms with E-state index in [1.165, 1.54) is 0 Å². The van der Waals surface area contributed by atoms with Gasteiger partial charge in [-0.2, -0.15) is 0 Å². The maximum Gasteiger partial charge on any atom is 0.318 e. The van der Waals surface area contributed by atoms with Crippen LogP contribution in [0.2, 0.25) is 0 Å². The van der Waals surface area contributed by atoms with Crippen LogP contribution in [0, 0.1) is 0 Å². The topological polar surface area (TPSA) is 65.5 Å². The average Bonchev–Trinajstić information content (AvgIpc) is 3.22. The van der Waals surface area contributed by atoms with E-state index in [0.717, 1.165) is 29.1 Å². The fraction of sp³-hybridized carbons (Fsp3) is 0.375. The summed E-state index contributed by atoms with van der Waals surface area (Å²) in [5, 5.41) is 15.0. The molecule has 6 heteroatoms. The number of aromatic nitrogens is 1. The Kier molecular flexibility index (Phi) is 4.70. The van der Waals surface area contributed by atoms with Crippen LogP contribution in [0.4, 0.5) is 4.79 Å². The van der Waals surface area contributed by atoms with Crippen molar-refractivity contribution in [3.8, 4) is 11.3 Å². The van der Waals surface area contributed by atoms with E-state index < -0.39 is 0 Å². The fourth-order valence-corrected chi connectivity index (χ4v) is 3.42. The molecule has 22 heavy (non-hydrogen) atoms. The zero-order valence-corrected chi connectivity index (χ0v) is 13.1. The Labute approximate surface area is 133 Å². The maximum atomic E-state index is 12.1. The number of rotatable bonds is 4. The highest BCUT2D eigenvalue weighted by atomic mass is 32.1. The van der Waals surface area contributed by atoms with Crippen LogP contribution in [-0.4, -0.2) is 40.2 Å². The molecule has 1 aromatic carbocycles. The average molecular weight is 317 g/mol. The molecule has 2 aromatic rings. The Morgan fingerprint density at radius 2 is 2.23 bits per heavy atom. The van der Waals surface area contributed by atoms with Gasteiger partial charge in [0.15, 0.2) is 0 Å². The third kappa shape index (κ3) is 3.28. The van der Waals surface area contributed by atoms with Gasteiger partial charge in [0, 0.05) is 17.5 Å². The van der Waals surface area contributed by atoms with E-state index in [9.17, 15) is 9.90 Å². The molecule has 2 N–H and O–H groups in total. The molecule has 1 saturated heterocycles. The van der Waals surface area contributed by atoms with Crippen molar-refractivity contribution in [1.29, 1.82) is 0 Å². The van der Waals surface area contributed by atoms with Gasteiger partial charge >= 0.3 is 6.03 Å². The molecular weight excluding hydrogens is 298 g/mol. The molecule has 0 spiro atoms. The minimum atomic E-state index is -0.118. The number of nitrogens with zero attached hydrogens (tertiary/aromatic N) is 2. The molecule has 0 unspecified atom stereocenters. The number of hydrogen-bond donors (Lipinski definition) is 2. The number of aliphatic hydroxyl groups is 1. The number of likely N-dealkylation sites (tertiary alicyclic amines) is 1. The third-order valence-corrected chi connectivity index (χ3v) is 4.71. The van der Waals surface area contributed by atoms with Gasteiger partial charge in [0.1, 0.15) is 5.01 Å². The number of urea groups is 1. The van der Waals surface area contributed by atoms with Crippen LogP contribution in [0.25, 0.3) is 11.3 Å². The SMILES string of the molecule is O=C(NCc1nc(-c2ccccc2)cs1)N1CCC[C@H]1CO. The smallest absolute Gasteiger partial charge is 0.318 e. The predicted octanol–water partition coefficient (Wildman–Crippen LogP) is 2.48. The van der Waals surface area contributed by atoms with Gasteiger partial charge in [-0.05, 0) is 12.8 Å². The van der Waals surface area contributed by atoms with Crippen molar-refractivity contribution in [2.24, 2.45) is 0 Å². The molecular formula is C16H19N3O2S. The van der Waals surface area contributed by atoms with E-state index in [-0.39, 0.29) is 18.7 Å². The maximum absolute atomic E-state index is 12.1. The highest BCUT2D eigenvalue weighted by Crippen LogP contribution is 2.21. The lowest BCUT2D eigenvalue weighted by atomic mass is 10.2. The van der Waals surface area contributed by atoms with Crippen LogP contribution in [0.15, 0.2) is 35.7 Å². The summed E-state index contributed by atoms with van der Waals surface area (Å²) in [4.78, 5) is 18.4. The van der Waals surface area contributed by atoms with Gasteiger partial charge in [0.05, 0.1) is 24.9 Å². The molecule has 3 rings (SSSR count). The summed E-state index contributed by atoms with van der Waals surface area (Å²) >= 11 is 1.54. The van der Waals surface area contributed by atoms with Crippen LogP contribution in [0.5, 0.6) is 0 Å². The number of aliphatic hydroxyl groups excluding tert-OH is 1. The molecule has 2 amide bonds. The number of hydrogen-bond acceptors (Lipinski definition) is 4. The van der Waals surface area contributed by atoms with Gasteiger partial charge in [-0.3, -0.25) is 0 Å². The molecule has 1 atom stereocenters. The predicted molar refractivity (Wildman–Crippen MR) is 86.6 cm³/mol. The molecule has 1 aliphatic heterocycles. The largest absolute Gasteiger partial charge is 0.394 e. The van der Waals surface area contributed by atoms with Crippen molar-refractivity contribution in [2.75, 3.05) is 13.2 Å². The van der Waals surface area contributed by atoms with Gasteiger partial charge in [0.25, 0.3) is 0 Å². The Bertz CT molecular complexity index is 629. The van der Waals surface area contributed by atoms with Crippen molar-refractivity contribution < 1.29 is 9.90 Å². The molecule has 1 aromatic heterocycles. The lowest BCUT2D eigenvalue weighted by Crippen LogP contribution is -2.43. The lowest BCUT2D eigenvalue weighted by Gasteiger charge is -2.22. The summed E-state index contributed by atoms with van der Waals surface area (Å²) in [6, 6.07) is 9.83.